The van der Waals surface area contributed by atoms with E-state index in [1.165, 1.54) is 6.07 Å². The van der Waals surface area contributed by atoms with Crippen LogP contribution in [0.1, 0.15) is 24.8 Å². The highest BCUT2D eigenvalue weighted by Crippen LogP contribution is 2.28. The Morgan fingerprint density at radius 3 is 2.43 bits per heavy atom. The van der Waals surface area contributed by atoms with Gasteiger partial charge in [-0.05, 0) is 25.0 Å². The monoisotopic (exact) mass is 320 g/mol. The third kappa shape index (κ3) is 3.29. The van der Waals surface area contributed by atoms with Gasteiger partial charge in [0.2, 0.25) is 11.8 Å². The number of halogens is 1. The Kier molecular flexibility index (Phi) is 4.47. The summed E-state index contributed by atoms with van der Waals surface area (Å²) in [6.45, 7) is 5.01. The van der Waals surface area contributed by atoms with E-state index in [4.69, 9.17) is 0 Å². The lowest BCUT2D eigenvalue weighted by Gasteiger charge is -2.31. The van der Waals surface area contributed by atoms with Gasteiger partial charge in [-0.1, -0.05) is 0 Å². The Morgan fingerprint density at radius 1 is 1.13 bits per heavy atom. The molecule has 0 bridgehead atoms. The van der Waals surface area contributed by atoms with E-state index >= 15 is 0 Å². The van der Waals surface area contributed by atoms with Crippen molar-refractivity contribution < 1.29 is 14.0 Å². The number of benzene rings is 1. The first kappa shape index (κ1) is 15.7. The molecular weight excluding hydrogens is 299 g/mol. The van der Waals surface area contributed by atoms with Gasteiger partial charge in [0.05, 0.1) is 11.4 Å². The van der Waals surface area contributed by atoms with E-state index in [0.29, 0.717) is 30.6 Å². The summed E-state index contributed by atoms with van der Waals surface area (Å²) in [5.74, 6) is -0.892. The summed E-state index contributed by atoms with van der Waals surface area (Å²) in [6, 6.07) is 3.13. The maximum atomic E-state index is 14.5. The Hall–Kier alpha value is -2.15. The first-order valence-electron chi connectivity index (χ1n) is 7.94. The minimum Gasteiger partial charge on any atom is -0.367 e. The zero-order valence-electron chi connectivity index (χ0n) is 13.2. The molecule has 1 aromatic rings. The van der Waals surface area contributed by atoms with Crippen LogP contribution >= 0.6 is 0 Å². The molecule has 23 heavy (non-hydrogen) atoms. The number of amides is 2. The number of carbonyl (C=O) groups is 2. The fourth-order valence-corrected chi connectivity index (χ4v) is 2.93. The van der Waals surface area contributed by atoms with Gasteiger partial charge in [0.25, 0.3) is 0 Å². The molecule has 3 rings (SSSR count). The topological polar surface area (TPSA) is 64.7 Å². The lowest BCUT2D eigenvalue weighted by Crippen LogP contribution is -2.44. The van der Waals surface area contributed by atoms with Crippen molar-refractivity contribution >= 4 is 23.2 Å². The second kappa shape index (κ2) is 6.54. The van der Waals surface area contributed by atoms with Gasteiger partial charge in [-0.3, -0.25) is 15.0 Å². The Morgan fingerprint density at radius 2 is 1.78 bits per heavy atom. The van der Waals surface area contributed by atoms with Gasteiger partial charge >= 0.3 is 0 Å². The molecule has 0 spiro atoms. The van der Waals surface area contributed by atoms with E-state index < -0.39 is 0 Å². The number of hydrogen-bond donors (Lipinski definition) is 2. The molecule has 2 aliphatic rings. The van der Waals surface area contributed by atoms with Gasteiger partial charge < -0.3 is 10.2 Å². The second-order valence-electron chi connectivity index (χ2n) is 5.94. The maximum absolute atomic E-state index is 14.5. The van der Waals surface area contributed by atoms with Gasteiger partial charge in [0, 0.05) is 45.1 Å². The van der Waals surface area contributed by atoms with Crippen LogP contribution in [0.4, 0.5) is 15.8 Å². The van der Waals surface area contributed by atoms with Crippen LogP contribution in [0.5, 0.6) is 0 Å². The lowest BCUT2D eigenvalue weighted by atomic mass is 10.1. The average Bonchev–Trinajstić information content (AvgIpc) is 2.54. The summed E-state index contributed by atoms with van der Waals surface area (Å²) >= 11 is 0. The molecule has 0 atom stereocenters. The fourth-order valence-electron chi connectivity index (χ4n) is 2.93. The van der Waals surface area contributed by atoms with Gasteiger partial charge in [-0.25, -0.2) is 4.39 Å². The minimum atomic E-state index is -0.350. The van der Waals surface area contributed by atoms with E-state index in [2.05, 4.69) is 10.7 Å². The van der Waals surface area contributed by atoms with Gasteiger partial charge in [0.15, 0.2) is 0 Å². The Labute approximate surface area is 134 Å². The number of hydrazine groups is 1. The highest BCUT2D eigenvalue weighted by atomic mass is 19.1. The molecule has 2 amide bonds. The number of imide groups is 1. The molecule has 124 valence electrons. The lowest BCUT2D eigenvalue weighted by molar-refractivity contribution is -0.146. The molecule has 2 aliphatic heterocycles. The van der Waals surface area contributed by atoms with Crippen molar-refractivity contribution in [3.8, 4) is 0 Å². The van der Waals surface area contributed by atoms with Crippen LogP contribution in [0.15, 0.2) is 12.1 Å². The number of rotatable bonds is 3. The largest absolute Gasteiger partial charge is 0.367 e. The number of nitrogens with one attached hydrogen (secondary N) is 2. The standard InChI is InChI=1S/C16H21FN4O2/c1-11-9-14(20-7-5-18-6-8-20)12(17)10-13(11)19-21-15(22)3-2-4-16(21)23/h9-10,18-19H,2-8H2,1H3. The van der Waals surface area contributed by atoms with Gasteiger partial charge in [-0.15, -0.1) is 0 Å². The normalized spacial score (nSPS) is 19.2. The van der Waals surface area contributed by atoms with Crippen molar-refractivity contribution in [2.45, 2.75) is 26.2 Å². The Bertz CT molecular complexity index is 613. The number of piperidine rings is 1. The molecule has 6 nitrogen and oxygen atoms in total. The van der Waals surface area contributed by atoms with Crippen molar-refractivity contribution in [2.24, 2.45) is 0 Å². The molecule has 0 aliphatic carbocycles. The number of carbonyl (C=O) groups excluding carboxylic acids is 2. The predicted octanol–water partition coefficient (Wildman–Crippen LogP) is 1.41. The second-order valence-corrected chi connectivity index (χ2v) is 5.94. The number of piperazine rings is 1. The first-order valence-corrected chi connectivity index (χ1v) is 7.94. The molecule has 2 N–H and O–H groups in total. The predicted molar refractivity (Wildman–Crippen MR) is 85.5 cm³/mol. The number of anilines is 2. The SMILES string of the molecule is Cc1cc(N2CCNCC2)c(F)cc1NN1C(=O)CCCC1=O. The zero-order valence-corrected chi connectivity index (χ0v) is 13.2. The molecule has 2 heterocycles. The van der Waals surface area contributed by atoms with Crippen LogP contribution in [-0.2, 0) is 9.59 Å². The van der Waals surface area contributed by atoms with Crippen LogP contribution in [0.3, 0.4) is 0 Å². The van der Waals surface area contributed by atoms with E-state index in [9.17, 15) is 14.0 Å². The zero-order chi connectivity index (χ0) is 16.4. The van der Waals surface area contributed by atoms with Crippen molar-refractivity contribution in [3.63, 3.8) is 0 Å². The van der Waals surface area contributed by atoms with E-state index in [1.54, 1.807) is 6.07 Å². The number of aryl methyl sites for hydroxylation is 1. The van der Waals surface area contributed by atoms with Gasteiger partial charge in [-0.2, -0.15) is 5.01 Å². The summed E-state index contributed by atoms with van der Waals surface area (Å²) in [5, 5.41) is 4.25. The van der Waals surface area contributed by atoms with Crippen molar-refractivity contribution in [1.29, 1.82) is 0 Å². The molecule has 0 radical (unpaired) electrons. The van der Waals surface area contributed by atoms with E-state index in [0.717, 1.165) is 36.8 Å². The van der Waals surface area contributed by atoms with Crippen molar-refractivity contribution in [3.05, 3.63) is 23.5 Å². The van der Waals surface area contributed by atoms with Crippen molar-refractivity contribution in [2.75, 3.05) is 36.5 Å². The minimum absolute atomic E-state index is 0.271. The highest BCUT2D eigenvalue weighted by molar-refractivity contribution is 5.98. The van der Waals surface area contributed by atoms with Crippen LogP contribution in [-0.4, -0.2) is 43.0 Å². The Balaban J connectivity index is 1.82. The fraction of sp³-hybridized carbons (Fsp3) is 0.500. The first-order chi connectivity index (χ1) is 11.1. The van der Waals surface area contributed by atoms with Crippen LogP contribution < -0.4 is 15.6 Å². The smallest absolute Gasteiger partial charge is 0.248 e. The summed E-state index contributed by atoms with van der Waals surface area (Å²) in [6.07, 6.45) is 1.24. The number of nitrogens with zero attached hydrogens (tertiary/aromatic N) is 2. The molecular formula is C16H21FN4O2. The third-order valence-electron chi connectivity index (χ3n) is 4.26. The van der Waals surface area contributed by atoms with Crippen molar-refractivity contribution in [1.82, 2.24) is 10.3 Å². The average molecular weight is 320 g/mol. The van der Waals surface area contributed by atoms with E-state index in [-0.39, 0.29) is 17.6 Å². The number of hydrogen-bond acceptors (Lipinski definition) is 5. The summed E-state index contributed by atoms with van der Waals surface area (Å²) in [7, 11) is 0. The summed E-state index contributed by atoms with van der Waals surface area (Å²) in [5.41, 5.74) is 4.59. The van der Waals surface area contributed by atoms with Crippen LogP contribution in [0, 0.1) is 12.7 Å². The molecule has 0 saturated carbocycles. The quantitative estimate of drug-likeness (QED) is 0.825. The van der Waals surface area contributed by atoms with Gasteiger partial charge in [0.1, 0.15) is 5.82 Å². The molecule has 0 aromatic heterocycles. The highest BCUT2D eigenvalue weighted by Gasteiger charge is 2.27. The van der Waals surface area contributed by atoms with Crippen LogP contribution in [0.25, 0.3) is 0 Å². The third-order valence-corrected chi connectivity index (χ3v) is 4.26. The summed E-state index contributed by atoms with van der Waals surface area (Å²) < 4.78 is 14.5. The molecule has 2 saturated heterocycles. The molecule has 0 unspecified atom stereocenters. The molecule has 2 fully saturated rings. The molecule has 1 aromatic carbocycles. The van der Waals surface area contributed by atoms with Crippen LogP contribution in [0.2, 0.25) is 0 Å². The maximum Gasteiger partial charge on any atom is 0.248 e. The molecule has 7 heteroatoms. The van der Waals surface area contributed by atoms with E-state index in [1.807, 2.05) is 11.8 Å². The summed E-state index contributed by atoms with van der Waals surface area (Å²) in [4.78, 5) is 25.7.